The first-order chi connectivity index (χ1) is 16.0. The smallest absolute Gasteiger partial charge is 0.298 e. The first kappa shape index (κ1) is 22.9. The van der Waals surface area contributed by atoms with Crippen molar-refractivity contribution in [1.29, 1.82) is 0 Å². The number of thioether (sulfide) groups is 1. The van der Waals surface area contributed by atoms with Crippen molar-refractivity contribution >= 4 is 34.7 Å². The van der Waals surface area contributed by atoms with Crippen LogP contribution in [0.2, 0.25) is 0 Å². The second-order valence-corrected chi connectivity index (χ2v) is 9.12. The first-order valence-electron chi connectivity index (χ1n) is 11.2. The molecule has 0 N–H and O–H groups in total. The van der Waals surface area contributed by atoms with Crippen LogP contribution in [-0.4, -0.2) is 11.1 Å². The Balaban J connectivity index is 1.41. The monoisotopic (exact) mass is 457 g/mol. The van der Waals surface area contributed by atoms with Crippen LogP contribution in [0.5, 0.6) is 5.75 Å². The Morgan fingerprint density at radius 2 is 1.55 bits per heavy atom. The third kappa shape index (κ3) is 5.74. The minimum Gasteiger partial charge on any atom is -0.489 e. The Hall–Kier alpha value is -3.31. The number of rotatable bonds is 8. The summed E-state index contributed by atoms with van der Waals surface area (Å²) in [4.78, 5) is 27.1. The van der Waals surface area contributed by atoms with E-state index in [1.165, 1.54) is 16.0 Å². The van der Waals surface area contributed by atoms with Crippen molar-refractivity contribution in [3.63, 3.8) is 0 Å². The summed E-state index contributed by atoms with van der Waals surface area (Å²) in [5.74, 6) is 0.468. The molecule has 0 saturated carbocycles. The molecule has 4 nitrogen and oxygen atoms in total. The fourth-order valence-electron chi connectivity index (χ4n) is 3.55. The number of hydrogen-bond acceptors (Lipinski definition) is 4. The van der Waals surface area contributed by atoms with Gasteiger partial charge in [-0.25, -0.2) is 4.90 Å². The van der Waals surface area contributed by atoms with Gasteiger partial charge in [-0.3, -0.25) is 9.59 Å². The molecule has 0 radical (unpaired) electrons. The molecule has 3 aromatic carbocycles. The summed E-state index contributed by atoms with van der Waals surface area (Å²) in [5, 5.41) is -0.273. The molecule has 1 aliphatic rings. The maximum Gasteiger partial charge on any atom is 0.298 e. The zero-order valence-corrected chi connectivity index (χ0v) is 19.7. The number of ether oxygens (including phenoxy) is 1. The molecule has 0 spiro atoms. The number of unbranched alkanes of at least 4 members (excludes halogenated alkanes) is 1. The van der Waals surface area contributed by atoms with E-state index in [-0.39, 0.29) is 11.1 Å². The van der Waals surface area contributed by atoms with Gasteiger partial charge in [0.15, 0.2) is 0 Å². The predicted molar refractivity (Wildman–Crippen MR) is 135 cm³/mol. The molecular weight excluding hydrogens is 430 g/mol. The molecular formula is C28H27NO3S. The highest BCUT2D eigenvalue weighted by molar-refractivity contribution is 8.19. The summed E-state index contributed by atoms with van der Waals surface area (Å²) < 4.78 is 5.85. The summed E-state index contributed by atoms with van der Waals surface area (Å²) >= 11 is 0.970. The summed E-state index contributed by atoms with van der Waals surface area (Å²) in [6, 6.07) is 23.5. The Bertz CT molecular complexity index is 1150. The van der Waals surface area contributed by atoms with Crippen LogP contribution < -0.4 is 9.64 Å². The molecule has 0 bridgehead atoms. The van der Waals surface area contributed by atoms with Gasteiger partial charge in [0.25, 0.3) is 11.1 Å². The van der Waals surface area contributed by atoms with Gasteiger partial charge in [-0.1, -0.05) is 67.4 Å². The minimum atomic E-state index is -0.286. The summed E-state index contributed by atoms with van der Waals surface area (Å²) in [6.07, 6.45) is 5.02. The van der Waals surface area contributed by atoms with Gasteiger partial charge >= 0.3 is 0 Å². The van der Waals surface area contributed by atoms with E-state index >= 15 is 0 Å². The third-order valence-corrected chi connectivity index (χ3v) is 6.38. The van der Waals surface area contributed by atoms with E-state index in [1.807, 2.05) is 48.5 Å². The number of amides is 2. The van der Waals surface area contributed by atoms with Crippen molar-refractivity contribution in [3.8, 4) is 5.75 Å². The van der Waals surface area contributed by atoms with Crippen molar-refractivity contribution in [2.24, 2.45) is 0 Å². The molecule has 0 aliphatic carbocycles. The van der Waals surface area contributed by atoms with Crippen LogP contribution in [0.4, 0.5) is 10.5 Å². The van der Waals surface area contributed by atoms with Crippen LogP contribution in [-0.2, 0) is 17.8 Å². The number of imide groups is 1. The van der Waals surface area contributed by atoms with Crippen molar-refractivity contribution in [2.75, 3.05) is 4.90 Å². The molecule has 1 heterocycles. The number of anilines is 1. The van der Waals surface area contributed by atoms with Crippen molar-refractivity contribution in [3.05, 3.63) is 100.0 Å². The van der Waals surface area contributed by atoms with Gasteiger partial charge in [-0.05, 0) is 78.6 Å². The lowest BCUT2D eigenvalue weighted by molar-refractivity contribution is -0.113. The van der Waals surface area contributed by atoms with Gasteiger partial charge in [0.2, 0.25) is 0 Å². The van der Waals surface area contributed by atoms with Gasteiger partial charge in [0, 0.05) is 0 Å². The van der Waals surface area contributed by atoms with Gasteiger partial charge in [-0.2, -0.15) is 0 Å². The molecule has 0 aromatic heterocycles. The first-order valence-corrected chi connectivity index (χ1v) is 12.0. The van der Waals surface area contributed by atoms with Crippen LogP contribution in [0.3, 0.4) is 0 Å². The number of hydrogen-bond donors (Lipinski definition) is 0. The second kappa shape index (κ2) is 10.5. The number of carbonyl (C=O) groups is 2. The van der Waals surface area contributed by atoms with Crippen LogP contribution >= 0.6 is 11.8 Å². The Kier molecular flexibility index (Phi) is 7.30. The summed E-state index contributed by atoms with van der Waals surface area (Å²) in [5.41, 5.74) is 5.00. The molecule has 33 heavy (non-hydrogen) atoms. The average molecular weight is 458 g/mol. The van der Waals surface area contributed by atoms with E-state index in [0.29, 0.717) is 17.2 Å². The molecule has 168 valence electrons. The molecule has 4 rings (SSSR count). The molecule has 0 atom stereocenters. The molecule has 1 saturated heterocycles. The number of benzene rings is 3. The molecule has 1 aliphatic heterocycles. The zero-order chi connectivity index (χ0) is 23.2. The summed E-state index contributed by atoms with van der Waals surface area (Å²) in [6.45, 7) is 4.71. The van der Waals surface area contributed by atoms with Crippen LogP contribution in [0.15, 0.2) is 77.7 Å². The quantitative estimate of drug-likeness (QED) is 0.337. The maximum absolute atomic E-state index is 12.9. The average Bonchev–Trinajstić information content (AvgIpc) is 3.11. The third-order valence-electron chi connectivity index (χ3n) is 5.51. The Morgan fingerprint density at radius 1 is 0.879 bits per heavy atom. The highest BCUT2D eigenvalue weighted by atomic mass is 32.2. The van der Waals surface area contributed by atoms with Crippen LogP contribution in [0.1, 0.15) is 42.0 Å². The fraction of sp³-hybridized carbons (Fsp3) is 0.214. The number of nitrogens with zero attached hydrogens (tertiary/aromatic N) is 1. The second-order valence-electron chi connectivity index (χ2n) is 8.13. The van der Waals surface area contributed by atoms with E-state index in [1.54, 1.807) is 6.08 Å². The molecule has 5 heteroatoms. The van der Waals surface area contributed by atoms with Crippen LogP contribution in [0.25, 0.3) is 6.08 Å². The van der Waals surface area contributed by atoms with E-state index < -0.39 is 0 Å². The fourth-order valence-corrected chi connectivity index (χ4v) is 4.39. The van der Waals surface area contributed by atoms with Gasteiger partial charge in [0.1, 0.15) is 12.4 Å². The minimum absolute atomic E-state index is 0.273. The van der Waals surface area contributed by atoms with Gasteiger partial charge in [0.05, 0.1) is 10.6 Å². The van der Waals surface area contributed by atoms with Crippen molar-refractivity contribution in [2.45, 2.75) is 39.7 Å². The van der Waals surface area contributed by atoms with Crippen molar-refractivity contribution < 1.29 is 14.3 Å². The number of carbonyl (C=O) groups excluding carboxylic acids is 2. The molecule has 1 fully saturated rings. The SMILES string of the molecule is CCCCc1ccc(N2C(=O)S/C(=C\c3ccc(OCc4ccc(C)cc4)cc3)C2=O)cc1. The lowest BCUT2D eigenvalue weighted by Crippen LogP contribution is -2.27. The largest absolute Gasteiger partial charge is 0.489 e. The molecule has 2 amide bonds. The maximum atomic E-state index is 12.9. The number of aryl methyl sites for hydroxylation is 2. The standard InChI is InChI=1S/C28H27NO3S/c1-3-4-5-21-10-14-24(15-11-21)29-27(30)26(33-28(29)31)18-22-12-16-25(17-13-22)32-19-23-8-6-20(2)7-9-23/h6-18H,3-5,19H2,1-2H3/b26-18-. The topological polar surface area (TPSA) is 46.6 Å². The summed E-state index contributed by atoms with van der Waals surface area (Å²) in [7, 11) is 0. The normalized spacial score (nSPS) is 14.8. The Morgan fingerprint density at radius 3 is 2.21 bits per heavy atom. The highest BCUT2D eigenvalue weighted by Gasteiger charge is 2.36. The molecule has 3 aromatic rings. The predicted octanol–water partition coefficient (Wildman–Crippen LogP) is 7.16. The Labute approximate surface area is 199 Å². The van der Waals surface area contributed by atoms with Gasteiger partial charge < -0.3 is 4.74 Å². The lowest BCUT2D eigenvalue weighted by atomic mass is 10.1. The van der Waals surface area contributed by atoms with E-state index in [0.717, 1.165) is 47.9 Å². The van der Waals surface area contributed by atoms with Crippen molar-refractivity contribution in [1.82, 2.24) is 0 Å². The van der Waals surface area contributed by atoms with Crippen LogP contribution in [0, 0.1) is 6.92 Å². The van der Waals surface area contributed by atoms with E-state index in [2.05, 4.69) is 38.1 Å². The van der Waals surface area contributed by atoms with Gasteiger partial charge in [-0.15, -0.1) is 0 Å². The highest BCUT2D eigenvalue weighted by Crippen LogP contribution is 2.36. The van der Waals surface area contributed by atoms with E-state index in [4.69, 9.17) is 4.74 Å². The molecule has 0 unspecified atom stereocenters. The zero-order valence-electron chi connectivity index (χ0n) is 18.9. The lowest BCUT2D eigenvalue weighted by Gasteiger charge is -2.13. The van der Waals surface area contributed by atoms with E-state index in [9.17, 15) is 9.59 Å².